The fraction of sp³-hybridized carbons (Fsp3) is 0.0909. The van der Waals surface area contributed by atoms with Crippen LogP contribution >= 0.6 is 11.8 Å². The Morgan fingerprint density at radius 2 is 2.05 bits per heavy atom. The third-order valence-corrected chi connectivity index (χ3v) is 3.81. The number of hydrogen-bond donors (Lipinski definition) is 1. The monoisotopic (exact) mass is 285 g/mol. The Kier molecular flexibility index (Phi) is 2.49. The highest BCUT2D eigenvalue weighted by atomic mass is 32.2. The lowest BCUT2D eigenvalue weighted by molar-refractivity contribution is 0.142. The molecule has 0 spiro atoms. The standard InChI is InChI=1S/C11H5F2NO4S/c12-5-1-4-7(2-6(5)13)14-3-19-10(14)9(8(4)15)18-11(16)17/h1-2H,3H2,(H,16,17). The summed E-state index contributed by atoms with van der Waals surface area (Å²) in [6, 6.07) is 1.66. The number of ether oxygens (including phenoxy) is 1. The molecule has 0 fully saturated rings. The van der Waals surface area contributed by atoms with Crippen molar-refractivity contribution in [3.8, 4) is 5.75 Å². The van der Waals surface area contributed by atoms with E-state index in [1.54, 1.807) is 0 Å². The average molecular weight is 285 g/mol. The van der Waals surface area contributed by atoms with E-state index in [4.69, 9.17) is 5.11 Å². The summed E-state index contributed by atoms with van der Waals surface area (Å²) in [6.07, 6.45) is -1.63. The summed E-state index contributed by atoms with van der Waals surface area (Å²) in [5.41, 5.74) is -0.551. The van der Waals surface area contributed by atoms with Gasteiger partial charge in [-0.3, -0.25) is 4.79 Å². The smallest absolute Gasteiger partial charge is 0.449 e. The van der Waals surface area contributed by atoms with Crippen LogP contribution < -0.4 is 10.2 Å². The SMILES string of the molecule is O=C(O)Oc1c2n(c3cc(F)c(F)cc3c1=O)CS2. The highest BCUT2D eigenvalue weighted by Crippen LogP contribution is 2.40. The fourth-order valence-electron chi connectivity index (χ4n) is 1.90. The van der Waals surface area contributed by atoms with E-state index in [0.29, 0.717) is 10.9 Å². The van der Waals surface area contributed by atoms with Crippen LogP contribution in [-0.4, -0.2) is 15.8 Å². The molecule has 0 amide bonds. The summed E-state index contributed by atoms with van der Waals surface area (Å²) in [4.78, 5) is 22.6. The summed E-state index contributed by atoms with van der Waals surface area (Å²) >= 11 is 1.20. The van der Waals surface area contributed by atoms with Gasteiger partial charge in [0.25, 0.3) is 0 Å². The van der Waals surface area contributed by atoms with Crippen molar-refractivity contribution in [1.82, 2.24) is 4.57 Å². The van der Waals surface area contributed by atoms with Crippen LogP contribution in [0.3, 0.4) is 0 Å². The Bertz CT molecular complexity index is 787. The summed E-state index contributed by atoms with van der Waals surface area (Å²) in [6.45, 7) is 0. The minimum atomic E-state index is -1.63. The molecule has 0 aliphatic carbocycles. The van der Waals surface area contributed by atoms with Gasteiger partial charge < -0.3 is 14.4 Å². The average Bonchev–Trinajstić information content (AvgIpc) is 2.28. The van der Waals surface area contributed by atoms with E-state index >= 15 is 0 Å². The maximum Gasteiger partial charge on any atom is 0.511 e. The van der Waals surface area contributed by atoms with Gasteiger partial charge in [-0.1, -0.05) is 11.8 Å². The molecule has 0 atom stereocenters. The molecule has 0 saturated carbocycles. The maximum absolute atomic E-state index is 13.2. The molecule has 1 aliphatic rings. The number of benzene rings is 1. The number of fused-ring (bicyclic) bond motifs is 3. The zero-order chi connectivity index (χ0) is 13.7. The Hall–Kier alpha value is -2.09. The number of rotatable bonds is 1. The van der Waals surface area contributed by atoms with Gasteiger partial charge in [0.2, 0.25) is 11.2 Å². The molecule has 1 N–H and O–H groups in total. The van der Waals surface area contributed by atoms with Gasteiger partial charge >= 0.3 is 6.16 Å². The van der Waals surface area contributed by atoms with E-state index < -0.39 is 23.2 Å². The van der Waals surface area contributed by atoms with Gasteiger partial charge in [-0.25, -0.2) is 13.6 Å². The lowest BCUT2D eigenvalue weighted by Gasteiger charge is -2.25. The zero-order valence-electron chi connectivity index (χ0n) is 9.15. The predicted molar refractivity (Wildman–Crippen MR) is 62.6 cm³/mol. The van der Waals surface area contributed by atoms with Crippen molar-refractivity contribution in [2.24, 2.45) is 0 Å². The van der Waals surface area contributed by atoms with Crippen LogP contribution in [0.5, 0.6) is 5.75 Å². The molecular weight excluding hydrogens is 280 g/mol. The minimum absolute atomic E-state index is 0.112. The molecule has 1 aromatic carbocycles. The van der Waals surface area contributed by atoms with Crippen LogP contribution in [0.2, 0.25) is 0 Å². The number of halogens is 2. The lowest BCUT2D eigenvalue weighted by Crippen LogP contribution is -2.23. The minimum Gasteiger partial charge on any atom is -0.449 e. The van der Waals surface area contributed by atoms with Crippen LogP contribution in [0.25, 0.3) is 10.9 Å². The first-order valence-electron chi connectivity index (χ1n) is 5.08. The summed E-state index contributed by atoms with van der Waals surface area (Å²) in [5, 5.41) is 8.77. The van der Waals surface area contributed by atoms with Crippen molar-refractivity contribution in [2.45, 2.75) is 10.9 Å². The third-order valence-electron chi connectivity index (χ3n) is 2.74. The van der Waals surface area contributed by atoms with Crippen molar-refractivity contribution < 1.29 is 23.4 Å². The molecule has 1 aliphatic heterocycles. The van der Waals surface area contributed by atoms with Gasteiger partial charge in [0.1, 0.15) is 5.03 Å². The van der Waals surface area contributed by atoms with Gasteiger partial charge in [-0.05, 0) is 6.07 Å². The van der Waals surface area contributed by atoms with Gasteiger partial charge in [-0.15, -0.1) is 0 Å². The predicted octanol–water partition coefficient (Wildman–Crippen LogP) is 2.40. The number of aromatic nitrogens is 1. The molecule has 2 aromatic rings. The summed E-state index contributed by atoms with van der Waals surface area (Å²) in [5.74, 6) is -2.20. The van der Waals surface area contributed by atoms with Crippen LogP contribution in [0, 0.1) is 11.6 Å². The topological polar surface area (TPSA) is 68.5 Å². The first-order chi connectivity index (χ1) is 8.99. The Labute approximate surface area is 108 Å². The number of pyridine rings is 1. The van der Waals surface area contributed by atoms with Crippen LogP contribution in [0.4, 0.5) is 13.6 Å². The number of hydrogen-bond acceptors (Lipinski definition) is 4. The highest BCUT2D eigenvalue weighted by Gasteiger charge is 2.27. The summed E-state index contributed by atoms with van der Waals surface area (Å²) in [7, 11) is 0. The van der Waals surface area contributed by atoms with Crippen molar-refractivity contribution in [2.75, 3.05) is 0 Å². The van der Waals surface area contributed by atoms with Crippen LogP contribution in [0.15, 0.2) is 22.0 Å². The molecule has 2 heterocycles. The van der Waals surface area contributed by atoms with E-state index in [2.05, 4.69) is 4.74 Å². The molecule has 8 heteroatoms. The number of thioether (sulfide) groups is 1. The number of carbonyl (C=O) groups is 1. The van der Waals surface area contributed by atoms with E-state index in [-0.39, 0.29) is 16.7 Å². The van der Waals surface area contributed by atoms with Gasteiger partial charge in [-0.2, -0.15) is 0 Å². The van der Waals surface area contributed by atoms with Gasteiger partial charge in [0, 0.05) is 6.07 Å². The first kappa shape index (κ1) is 12.0. The molecule has 98 valence electrons. The van der Waals surface area contributed by atoms with Crippen molar-refractivity contribution in [3.63, 3.8) is 0 Å². The van der Waals surface area contributed by atoms with Crippen molar-refractivity contribution in [1.29, 1.82) is 0 Å². The third kappa shape index (κ3) is 1.67. The van der Waals surface area contributed by atoms with Crippen LogP contribution in [0.1, 0.15) is 0 Å². The molecule has 0 unspecified atom stereocenters. The molecule has 1 aromatic heterocycles. The number of carboxylic acid groups (broad SMARTS) is 1. The molecule has 0 saturated heterocycles. The molecule has 5 nitrogen and oxygen atoms in total. The number of nitrogens with zero attached hydrogens (tertiary/aromatic N) is 1. The van der Waals surface area contributed by atoms with E-state index in [1.807, 2.05) is 0 Å². The second kappa shape index (κ2) is 3.95. The Morgan fingerprint density at radius 3 is 2.63 bits per heavy atom. The van der Waals surface area contributed by atoms with E-state index in [9.17, 15) is 18.4 Å². The highest BCUT2D eigenvalue weighted by molar-refractivity contribution is 7.99. The van der Waals surface area contributed by atoms with Gasteiger partial charge in [0.15, 0.2) is 11.6 Å². The first-order valence-corrected chi connectivity index (χ1v) is 6.06. The van der Waals surface area contributed by atoms with Crippen LogP contribution in [-0.2, 0) is 5.88 Å². The fourth-order valence-corrected chi connectivity index (χ4v) is 2.79. The second-order valence-electron chi connectivity index (χ2n) is 3.82. The quantitative estimate of drug-likeness (QED) is 0.815. The zero-order valence-corrected chi connectivity index (χ0v) is 9.96. The second-order valence-corrected chi connectivity index (χ2v) is 4.75. The largest absolute Gasteiger partial charge is 0.511 e. The van der Waals surface area contributed by atoms with E-state index in [0.717, 1.165) is 12.1 Å². The lowest BCUT2D eigenvalue weighted by atomic mass is 10.2. The maximum atomic E-state index is 13.2. The molecule has 0 bridgehead atoms. The summed E-state index contributed by atoms with van der Waals surface area (Å²) < 4.78 is 32.3. The molecule has 3 rings (SSSR count). The Balaban J connectivity index is 2.40. The normalized spacial score (nSPS) is 12.9. The van der Waals surface area contributed by atoms with Crippen molar-refractivity contribution >= 4 is 28.8 Å². The Morgan fingerprint density at radius 1 is 1.37 bits per heavy atom. The molecule has 19 heavy (non-hydrogen) atoms. The molecule has 0 radical (unpaired) electrons. The van der Waals surface area contributed by atoms with Crippen molar-refractivity contribution in [3.05, 3.63) is 34.0 Å². The van der Waals surface area contributed by atoms with E-state index in [1.165, 1.54) is 16.3 Å². The molecular formula is C11H5F2NO4S. The van der Waals surface area contributed by atoms with Gasteiger partial charge in [0.05, 0.1) is 16.8 Å².